The first kappa shape index (κ1) is 97.1. The zero-order valence-corrected chi connectivity index (χ0v) is 69.1. The Bertz CT molecular complexity index is 4700. The van der Waals surface area contributed by atoms with Crippen LogP contribution in [0.5, 0.6) is 0 Å². The molecule has 28 N–H and O–H groups in total. The molecule has 5 rings (SSSR count). The summed E-state index contributed by atoms with van der Waals surface area (Å²) in [7, 11) is 0. The summed E-state index contributed by atoms with van der Waals surface area (Å²) in [4.78, 5) is 269. The lowest BCUT2D eigenvalue weighted by atomic mass is 9.77. The molecular formula is C81H111N17O27. The number of hydrogen-bond acceptors (Lipinski definition) is 25. The maximum absolute atomic E-state index is 14.6. The van der Waals surface area contributed by atoms with Gasteiger partial charge in [-0.05, 0) is 118 Å². The van der Waals surface area contributed by atoms with Gasteiger partial charge in [0.25, 0.3) is 5.91 Å². The number of nitrogens with one attached hydrogen (secondary N) is 13. The van der Waals surface area contributed by atoms with E-state index in [1.165, 1.54) is 32.6 Å². The molecule has 1 heterocycles. The summed E-state index contributed by atoms with van der Waals surface area (Å²) in [5.41, 5.74) is 23.6. The average Bonchev–Trinajstić information content (AvgIpc) is 1.42. The van der Waals surface area contributed by atoms with E-state index in [9.17, 15) is 133 Å². The molecule has 0 saturated heterocycles. The van der Waals surface area contributed by atoms with Gasteiger partial charge in [-0.2, -0.15) is 0 Å². The maximum Gasteiger partial charge on any atom is 0.320 e. The largest absolute Gasteiger partial charge is 0.481 e. The Kier molecular flexibility index (Phi) is 39.1. The number of para-hydroxylation sites is 2. The zero-order chi connectivity index (χ0) is 95.7. The molecule has 1 saturated carbocycles. The number of benzene rings is 3. The van der Waals surface area contributed by atoms with E-state index < -0.39 is 273 Å². The first-order valence-corrected chi connectivity index (χ1v) is 40.2. The Morgan fingerprint density at radius 1 is 0.528 bits per heavy atom. The lowest BCUT2D eigenvalue weighted by molar-refractivity contribution is -0.142. The normalized spacial score (nSPS) is 16.4. The molecule has 0 bridgehead atoms. The van der Waals surface area contributed by atoms with E-state index in [0.29, 0.717) is 27.7 Å². The number of primary amides is 1. The van der Waals surface area contributed by atoms with Crippen molar-refractivity contribution in [3.8, 4) is 0 Å². The summed E-state index contributed by atoms with van der Waals surface area (Å²) in [5.74, 6) is -29.0. The van der Waals surface area contributed by atoms with Crippen LogP contribution < -0.4 is 86.7 Å². The Morgan fingerprint density at radius 3 is 1.66 bits per heavy atom. The molecule has 3 aromatic carbocycles. The van der Waals surface area contributed by atoms with E-state index in [1.807, 2.05) is 21.3 Å². The molecule has 1 fully saturated rings. The number of carboxylic acid groups (broad SMARTS) is 5. The second-order valence-electron chi connectivity index (χ2n) is 30.3. The minimum absolute atomic E-state index is 0.0389. The van der Waals surface area contributed by atoms with Gasteiger partial charge in [0, 0.05) is 46.6 Å². The highest BCUT2D eigenvalue weighted by Crippen LogP contribution is 2.38. The van der Waals surface area contributed by atoms with E-state index in [-0.39, 0.29) is 47.1 Å². The van der Waals surface area contributed by atoms with Crippen LogP contribution in [0.15, 0.2) is 72.9 Å². The van der Waals surface area contributed by atoms with E-state index in [1.54, 1.807) is 54.7 Å². The van der Waals surface area contributed by atoms with Crippen molar-refractivity contribution in [1.29, 1.82) is 0 Å². The lowest BCUT2D eigenvalue weighted by Gasteiger charge is -2.29. The van der Waals surface area contributed by atoms with Crippen molar-refractivity contribution in [2.45, 2.75) is 222 Å². The van der Waals surface area contributed by atoms with Crippen molar-refractivity contribution in [3.05, 3.63) is 101 Å². The molecule has 13 atom stereocenters. The number of aromatic nitrogens is 1. The number of nitrogens with two attached hydrogens (primary N) is 4. The molecule has 0 unspecified atom stereocenters. The summed E-state index contributed by atoms with van der Waals surface area (Å²) >= 11 is 0. The van der Waals surface area contributed by atoms with Gasteiger partial charge in [-0.3, -0.25) is 95.9 Å². The van der Waals surface area contributed by atoms with E-state index >= 15 is 0 Å². The fraction of sp³-hybridized carbons (Fsp3) is 0.506. The monoisotopic (exact) mass is 1760 g/mol. The molecule has 1 aliphatic rings. The highest BCUT2D eigenvalue weighted by Gasteiger charge is 2.39. The molecule has 13 amide bonds. The van der Waals surface area contributed by atoms with Crippen LogP contribution in [0.4, 0.5) is 5.69 Å². The van der Waals surface area contributed by atoms with Crippen LogP contribution in [0.3, 0.4) is 0 Å². The smallest absolute Gasteiger partial charge is 0.320 e. The van der Waals surface area contributed by atoms with E-state index in [2.05, 4.69) is 38.5 Å². The number of aliphatic hydroxyl groups excluding tert-OH is 2. The number of aromatic amines is 1. The third kappa shape index (κ3) is 33.1. The number of rotatable bonds is 54. The van der Waals surface area contributed by atoms with Crippen LogP contribution in [0, 0.1) is 11.8 Å². The number of unbranched alkanes of at least 4 members (excludes halogenated alkanes) is 3. The van der Waals surface area contributed by atoms with E-state index in [0.717, 1.165) is 69.7 Å². The van der Waals surface area contributed by atoms with Crippen LogP contribution in [0.25, 0.3) is 10.9 Å². The molecular weight excluding hydrogens is 1640 g/mol. The number of hydrogen-bond donors (Lipinski definition) is 24. The van der Waals surface area contributed by atoms with Crippen LogP contribution >= 0.6 is 0 Å². The molecule has 4 aromatic rings. The third-order valence-corrected chi connectivity index (χ3v) is 20.4. The second kappa shape index (κ2) is 50.3. The van der Waals surface area contributed by atoms with E-state index in [4.69, 9.17) is 25.8 Å². The average molecular weight is 1760 g/mol. The number of fused-ring (bicyclic) bond motifs is 1. The Hall–Kier alpha value is -13.4. The van der Waals surface area contributed by atoms with Gasteiger partial charge in [-0.15, -0.1) is 0 Å². The van der Waals surface area contributed by atoms with Gasteiger partial charge in [0.2, 0.25) is 70.9 Å². The highest BCUT2D eigenvalue weighted by atomic mass is 16.4. The topological polar surface area (TPSA) is 747 Å². The molecule has 1 aromatic heterocycles. The van der Waals surface area contributed by atoms with Crippen molar-refractivity contribution >= 4 is 135 Å². The lowest BCUT2D eigenvalue weighted by Crippen LogP contribution is -2.61. The first-order chi connectivity index (χ1) is 60.3. The summed E-state index contributed by atoms with van der Waals surface area (Å²) in [5, 5.41) is 88.5. The van der Waals surface area contributed by atoms with Crippen molar-refractivity contribution in [1.82, 2.24) is 68.8 Å². The quantitative estimate of drug-likeness (QED) is 0.0115. The number of aliphatic carboxylic acids is 5. The fourth-order valence-corrected chi connectivity index (χ4v) is 13.6. The fourth-order valence-electron chi connectivity index (χ4n) is 13.6. The number of amides is 13. The minimum atomic E-state index is -2.41. The number of aliphatic hydroxyl groups is 2. The number of anilines is 1. The van der Waals surface area contributed by atoms with Crippen LogP contribution in [-0.4, -0.2) is 258 Å². The van der Waals surface area contributed by atoms with Gasteiger partial charge in [-0.1, -0.05) is 82.3 Å². The van der Waals surface area contributed by atoms with Crippen molar-refractivity contribution in [3.63, 3.8) is 0 Å². The number of carbonyl (C=O) groups excluding carboxylic acids is 15. The molecule has 44 heteroatoms. The zero-order valence-electron chi connectivity index (χ0n) is 72.1. The number of Topliss-reactive ketones (excluding diaryl/α,β-unsaturated/α-hetero) is 2. The number of ketones is 2. The Morgan fingerprint density at radius 2 is 1.07 bits per heavy atom. The molecule has 682 valence electrons. The first-order valence-electron chi connectivity index (χ1n) is 41.5. The summed E-state index contributed by atoms with van der Waals surface area (Å²) in [6.45, 7) is 1.12. The molecule has 44 nitrogen and oxygen atoms in total. The third-order valence-electron chi connectivity index (χ3n) is 20.4. The number of H-pyrrole nitrogens is 1. The number of nitrogen functional groups attached to an aromatic ring is 1. The SMILES string of the molecule is [2H]N(CC(=O)N[C@@H](CO)C(=O)N[C@H](C(=O)c1cccc(C(=O)C[C@H](N)C(=O)O)c1N)[C@H](C)CC(=O)O)C(=O)[C@H](CC(=O)O)NC(=O)[C@H](C)NC(=O)[C@H](CC(=O)O)N([2H])C(=O)[C@H](CCCN)NC(=O)CNC(=O)[C@@H](NC(=O)[C@H](CC(=O)O)NC(=O)[C@H](CC(N)=O)NC(=O)[C@H](Cc1c[nH]c2ccccc12)N([2H])C(=O)c1ccc(C2CCC(CCCCCC)CC2)cc1)[C@@H](C)O. The van der Waals surface area contributed by atoms with Crippen molar-refractivity contribution in [2.75, 3.05) is 32.0 Å². The Labute approximate surface area is 720 Å². The predicted molar refractivity (Wildman–Crippen MR) is 441 cm³/mol. The molecule has 125 heavy (non-hydrogen) atoms. The van der Waals surface area contributed by atoms with Gasteiger partial charge < -0.3 is 127 Å². The van der Waals surface area contributed by atoms with Crippen LogP contribution in [-0.2, 0) is 87.9 Å². The number of carbonyl (C=O) groups is 20. The van der Waals surface area contributed by atoms with Gasteiger partial charge in [-0.25, -0.2) is 0 Å². The van der Waals surface area contributed by atoms with Gasteiger partial charge in [0.15, 0.2) is 15.8 Å². The molecule has 0 radical (unpaired) electrons. The van der Waals surface area contributed by atoms with Crippen LogP contribution in [0.2, 0.25) is 4.24 Å². The summed E-state index contributed by atoms with van der Waals surface area (Å²) in [6, 6.07) is -5.37. The summed E-state index contributed by atoms with van der Waals surface area (Å²) < 4.78 is 26.2. The standard InChI is InChI=1S/C81H111N17O27/c1-5-6-7-8-13-42-19-21-43(22-20-42)44-23-25-45(26-24-44)72(115)93-53(29-46-35-86-51-17-10-9-14-47(46)51)76(119)94-54(31-60(84)102)77(120)96-57(34-66(111)112)78(121)98-69(41(4)100)80(123)88-37-61(103)90-52(18-12-27-82)74(117)95-56(33-65(109)110)75(118)89-40(3)71(114)92-55(32-64(107)108)73(116)87-36-62(104)91-58(38-99)79(122)97-68(39(2)28-63(105)106)70(113)49-16-11-15-48(67(49)85)59(101)30-50(83)81(124)125/h9-11,14-17,23-26,35,39-43,50,52-58,68-69,86,99-100H,5-8,12-13,18-22,27-34,36-38,82-83,85H2,1-4H3,(H2,84,102)(H,87,116)(H,88,123)(H,89,118)(H,90,103)(H,91,104)(H,92,114)(H,93,115)(H,94,119)(H,95,117)(H,96,120)(H,97,122)(H,98,121)(H,105,106)(H,107,108)(H,109,110)(H,111,112)(H,124,125)/t39-,40+,41-,42?,43?,50+,52+,53+,54+,55+,56+,57+,58+,68+,69+/m1/s1/i/hD3. The predicted octanol–water partition coefficient (Wildman–Crippen LogP) is -3.66. The van der Waals surface area contributed by atoms with Gasteiger partial charge in [0.05, 0.1) is 69.6 Å². The minimum Gasteiger partial charge on any atom is -0.481 e. The maximum atomic E-state index is 14.6. The Balaban J connectivity index is 1.23. The second-order valence-corrected chi connectivity index (χ2v) is 30.3. The molecule has 0 spiro atoms. The molecule has 1 aliphatic carbocycles. The van der Waals surface area contributed by atoms with Gasteiger partial charge in [0.1, 0.15) is 60.4 Å². The van der Waals surface area contributed by atoms with Crippen LogP contribution in [0.1, 0.15) is 185 Å². The number of carboxylic acids is 5. The molecule has 0 aliphatic heterocycles. The van der Waals surface area contributed by atoms with Gasteiger partial charge >= 0.3 is 29.8 Å². The highest BCUT2D eigenvalue weighted by molar-refractivity contribution is 6.12. The summed E-state index contributed by atoms with van der Waals surface area (Å²) in [6.07, 6.45) is 1.98. The van der Waals surface area contributed by atoms with Crippen molar-refractivity contribution < 1.29 is 136 Å². The van der Waals surface area contributed by atoms with Crippen molar-refractivity contribution in [2.24, 2.45) is 29.0 Å².